The maximum Gasteiger partial charge on any atom is 0.0859 e. The minimum atomic E-state index is 0.228. The summed E-state index contributed by atoms with van der Waals surface area (Å²) in [6.45, 7) is 3.88. The zero-order chi connectivity index (χ0) is 11.8. The average Bonchev–Trinajstić information content (AvgIpc) is 2.90. The fourth-order valence-corrected chi connectivity index (χ4v) is 2.74. The van der Waals surface area contributed by atoms with Gasteiger partial charge >= 0.3 is 0 Å². The van der Waals surface area contributed by atoms with E-state index < -0.39 is 0 Å². The lowest BCUT2D eigenvalue weighted by atomic mass is 10.0. The van der Waals surface area contributed by atoms with Crippen LogP contribution in [-0.4, -0.2) is 15.0 Å². The van der Waals surface area contributed by atoms with Crippen molar-refractivity contribution in [1.82, 2.24) is 15.0 Å². The second-order valence-corrected chi connectivity index (χ2v) is 4.66. The number of aromatic nitrogens is 3. The number of benzene rings is 1. The third-order valence-electron chi connectivity index (χ3n) is 3.32. The molecule has 3 nitrogen and oxygen atoms in total. The van der Waals surface area contributed by atoms with Gasteiger partial charge < -0.3 is 0 Å². The van der Waals surface area contributed by atoms with Gasteiger partial charge in [0.25, 0.3) is 0 Å². The summed E-state index contributed by atoms with van der Waals surface area (Å²) in [5, 5.41) is 9.21. The Morgan fingerprint density at radius 1 is 1.41 bits per heavy atom. The molecule has 0 saturated carbocycles. The third kappa shape index (κ3) is 1.65. The first-order chi connectivity index (χ1) is 8.31. The standard InChI is InChI=1S/C13H13ClN3/c1-2-11-13-8-7-12(17(13)16-15-11)9-5-3-4-6-10(9)14/h3-6,12H,1-2,7-8H2. The SMILES string of the molecule is [CH2]Cc1nnn2c1CCC2c1ccccc1Cl. The fourth-order valence-electron chi connectivity index (χ4n) is 2.48. The number of nitrogens with zero attached hydrogens (tertiary/aromatic N) is 3. The van der Waals surface area contributed by atoms with Crippen LogP contribution in [0, 0.1) is 6.92 Å². The highest BCUT2D eigenvalue weighted by Gasteiger charge is 2.28. The van der Waals surface area contributed by atoms with Gasteiger partial charge in [-0.1, -0.05) is 35.0 Å². The lowest BCUT2D eigenvalue weighted by Crippen LogP contribution is -2.08. The third-order valence-corrected chi connectivity index (χ3v) is 3.67. The molecule has 0 amide bonds. The normalized spacial score (nSPS) is 18.4. The van der Waals surface area contributed by atoms with E-state index in [2.05, 4.69) is 23.3 Å². The van der Waals surface area contributed by atoms with E-state index >= 15 is 0 Å². The number of halogens is 1. The van der Waals surface area contributed by atoms with Gasteiger partial charge in [-0.05, 0) is 37.8 Å². The van der Waals surface area contributed by atoms with E-state index in [4.69, 9.17) is 11.6 Å². The largest absolute Gasteiger partial charge is 0.242 e. The second kappa shape index (κ2) is 4.15. The van der Waals surface area contributed by atoms with Gasteiger partial charge in [-0.15, -0.1) is 5.10 Å². The highest BCUT2D eigenvalue weighted by molar-refractivity contribution is 6.31. The molecule has 1 aromatic carbocycles. The summed E-state index contributed by atoms with van der Waals surface area (Å²) in [5.74, 6) is 0. The molecule has 1 aliphatic rings. The van der Waals surface area contributed by atoms with Crippen LogP contribution < -0.4 is 0 Å². The van der Waals surface area contributed by atoms with Crippen LogP contribution in [0.2, 0.25) is 5.02 Å². The van der Waals surface area contributed by atoms with Crippen LogP contribution in [0.4, 0.5) is 0 Å². The van der Waals surface area contributed by atoms with Gasteiger partial charge in [0.1, 0.15) is 0 Å². The van der Waals surface area contributed by atoms with Crippen LogP contribution in [0.15, 0.2) is 24.3 Å². The summed E-state index contributed by atoms with van der Waals surface area (Å²) in [5.41, 5.74) is 3.36. The highest BCUT2D eigenvalue weighted by Crippen LogP contribution is 2.35. The molecule has 1 aromatic heterocycles. The van der Waals surface area contributed by atoms with E-state index in [0.29, 0.717) is 6.42 Å². The smallest absolute Gasteiger partial charge is 0.0859 e. The number of rotatable bonds is 2. The maximum atomic E-state index is 6.24. The van der Waals surface area contributed by atoms with Gasteiger partial charge in [0.15, 0.2) is 0 Å². The van der Waals surface area contributed by atoms with E-state index in [-0.39, 0.29) is 6.04 Å². The molecule has 0 bridgehead atoms. The molecule has 0 saturated heterocycles. The topological polar surface area (TPSA) is 30.7 Å². The van der Waals surface area contributed by atoms with Crippen molar-refractivity contribution < 1.29 is 0 Å². The number of hydrogen-bond acceptors (Lipinski definition) is 2. The second-order valence-electron chi connectivity index (χ2n) is 4.25. The summed E-state index contributed by atoms with van der Waals surface area (Å²) in [7, 11) is 0. The summed E-state index contributed by atoms with van der Waals surface area (Å²) in [4.78, 5) is 0. The predicted octanol–water partition coefficient (Wildman–Crippen LogP) is 2.84. The molecule has 0 N–H and O–H groups in total. The van der Waals surface area contributed by atoms with Gasteiger partial charge in [0.05, 0.1) is 17.4 Å². The van der Waals surface area contributed by atoms with Crippen LogP contribution in [0.5, 0.6) is 0 Å². The molecule has 0 aliphatic carbocycles. The van der Waals surface area contributed by atoms with E-state index in [1.54, 1.807) is 0 Å². The highest BCUT2D eigenvalue weighted by atomic mass is 35.5. The van der Waals surface area contributed by atoms with Crippen molar-refractivity contribution in [3.05, 3.63) is 53.2 Å². The Morgan fingerprint density at radius 2 is 2.24 bits per heavy atom. The Labute approximate surface area is 105 Å². The summed E-state index contributed by atoms with van der Waals surface area (Å²) in [6.07, 6.45) is 2.75. The molecule has 1 unspecified atom stereocenters. The van der Waals surface area contributed by atoms with Crippen molar-refractivity contribution in [2.24, 2.45) is 0 Å². The minimum Gasteiger partial charge on any atom is -0.242 e. The molecule has 0 fully saturated rings. The Bertz CT molecular complexity index is 547. The van der Waals surface area contributed by atoms with Crippen LogP contribution >= 0.6 is 11.6 Å². The van der Waals surface area contributed by atoms with Crippen LogP contribution in [0.3, 0.4) is 0 Å². The van der Waals surface area contributed by atoms with Gasteiger partial charge in [0, 0.05) is 5.02 Å². The first-order valence-electron chi connectivity index (χ1n) is 5.78. The lowest BCUT2D eigenvalue weighted by molar-refractivity contribution is 0.534. The molecular formula is C13H13ClN3. The molecular weight excluding hydrogens is 234 g/mol. The first-order valence-corrected chi connectivity index (χ1v) is 6.15. The molecule has 1 aliphatic heterocycles. The van der Waals surface area contributed by atoms with Gasteiger partial charge in [0.2, 0.25) is 0 Å². The zero-order valence-corrected chi connectivity index (χ0v) is 10.2. The molecule has 3 rings (SSSR count). The molecule has 2 aromatic rings. The lowest BCUT2D eigenvalue weighted by Gasteiger charge is -2.12. The molecule has 87 valence electrons. The van der Waals surface area contributed by atoms with E-state index in [9.17, 15) is 0 Å². The Morgan fingerprint density at radius 3 is 3.00 bits per heavy atom. The maximum absolute atomic E-state index is 6.24. The van der Waals surface area contributed by atoms with Crippen molar-refractivity contribution in [2.45, 2.75) is 25.3 Å². The van der Waals surface area contributed by atoms with E-state index in [0.717, 1.165) is 29.1 Å². The molecule has 0 spiro atoms. The Balaban J connectivity index is 2.04. The van der Waals surface area contributed by atoms with Gasteiger partial charge in [-0.25, -0.2) is 4.68 Å². The molecule has 1 radical (unpaired) electrons. The zero-order valence-electron chi connectivity index (χ0n) is 9.43. The minimum absolute atomic E-state index is 0.228. The average molecular weight is 247 g/mol. The van der Waals surface area contributed by atoms with E-state index in [1.165, 1.54) is 5.69 Å². The Hall–Kier alpha value is -1.35. The predicted molar refractivity (Wildman–Crippen MR) is 67.0 cm³/mol. The number of hydrogen-bond donors (Lipinski definition) is 0. The first kappa shape index (κ1) is 10.8. The quantitative estimate of drug-likeness (QED) is 0.816. The summed E-state index contributed by atoms with van der Waals surface area (Å²) >= 11 is 6.24. The Kier molecular flexibility index (Phi) is 2.63. The summed E-state index contributed by atoms with van der Waals surface area (Å²) < 4.78 is 2.00. The van der Waals surface area contributed by atoms with Crippen molar-refractivity contribution >= 4 is 11.6 Å². The van der Waals surface area contributed by atoms with Crippen molar-refractivity contribution in [3.8, 4) is 0 Å². The fraction of sp³-hybridized carbons (Fsp3) is 0.308. The van der Waals surface area contributed by atoms with Crippen molar-refractivity contribution in [2.75, 3.05) is 0 Å². The number of fused-ring (bicyclic) bond motifs is 1. The van der Waals surface area contributed by atoms with Crippen molar-refractivity contribution in [1.29, 1.82) is 0 Å². The van der Waals surface area contributed by atoms with Crippen LogP contribution in [-0.2, 0) is 12.8 Å². The van der Waals surface area contributed by atoms with Gasteiger partial charge in [-0.2, -0.15) is 0 Å². The molecule has 1 atom stereocenters. The monoisotopic (exact) mass is 246 g/mol. The van der Waals surface area contributed by atoms with Crippen molar-refractivity contribution in [3.63, 3.8) is 0 Å². The van der Waals surface area contributed by atoms with Crippen LogP contribution in [0.25, 0.3) is 0 Å². The van der Waals surface area contributed by atoms with E-state index in [1.807, 2.05) is 22.9 Å². The van der Waals surface area contributed by atoms with Gasteiger partial charge in [-0.3, -0.25) is 0 Å². The molecule has 4 heteroatoms. The molecule has 2 heterocycles. The summed E-state index contributed by atoms with van der Waals surface area (Å²) in [6, 6.07) is 8.18. The molecule has 17 heavy (non-hydrogen) atoms. The van der Waals surface area contributed by atoms with Crippen LogP contribution in [0.1, 0.15) is 29.4 Å².